The summed E-state index contributed by atoms with van der Waals surface area (Å²) in [7, 11) is 0. The normalized spacial score (nSPS) is 23.0. The molecule has 0 aromatic heterocycles. The smallest absolute Gasteiger partial charge is 0.0980 e. The maximum Gasteiger partial charge on any atom is 0.0980 e. The Balaban J connectivity index is 2.18. The standard InChI is InChI=1S/C10H11ClNO/c11-9-4-2-1-3-8(9)10-7-12-5-6-13-10/h1-4,10H,5-7H2. The van der Waals surface area contributed by atoms with Crippen LogP contribution in [0.1, 0.15) is 11.7 Å². The van der Waals surface area contributed by atoms with Crippen LogP contribution in [0, 0.1) is 0 Å². The van der Waals surface area contributed by atoms with E-state index in [9.17, 15) is 0 Å². The molecule has 0 bridgehead atoms. The van der Waals surface area contributed by atoms with E-state index in [2.05, 4.69) is 5.32 Å². The van der Waals surface area contributed by atoms with E-state index in [4.69, 9.17) is 16.3 Å². The molecule has 0 N–H and O–H groups in total. The fourth-order valence-corrected chi connectivity index (χ4v) is 1.70. The molecule has 3 heteroatoms. The first-order chi connectivity index (χ1) is 6.38. The molecule has 1 atom stereocenters. The second-order valence-corrected chi connectivity index (χ2v) is 3.42. The zero-order valence-corrected chi connectivity index (χ0v) is 8.00. The van der Waals surface area contributed by atoms with Crippen LogP contribution in [0.4, 0.5) is 0 Å². The molecule has 2 rings (SSSR count). The van der Waals surface area contributed by atoms with Crippen LogP contribution in [0.2, 0.25) is 5.02 Å². The maximum atomic E-state index is 6.04. The summed E-state index contributed by atoms with van der Waals surface area (Å²) in [6.45, 7) is 2.24. The van der Waals surface area contributed by atoms with Crippen LogP contribution in [0.15, 0.2) is 24.3 Å². The van der Waals surface area contributed by atoms with Crippen molar-refractivity contribution >= 4 is 11.6 Å². The Bertz CT molecular complexity index is 284. The van der Waals surface area contributed by atoms with Crippen LogP contribution < -0.4 is 5.32 Å². The molecule has 1 heterocycles. The second-order valence-electron chi connectivity index (χ2n) is 3.01. The summed E-state index contributed by atoms with van der Waals surface area (Å²) >= 11 is 6.04. The van der Waals surface area contributed by atoms with Crippen LogP contribution in [-0.4, -0.2) is 19.7 Å². The highest BCUT2D eigenvalue weighted by atomic mass is 35.5. The molecule has 1 aliphatic rings. The van der Waals surface area contributed by atoms with Crippen molar-refractivity contribution in [3.63, 3.8) is 0 Å². The second kappa shape index (κ2) is 4.09. The first-order valence-corrected chi connectivity index (χ1v) is 4.75. The van der Waals surface area contributed by atoms with Gasteiger partial charge in [0.15, 0.2) is 0 Å². The molecule has 1 fully saturated rings. The minimum absolute atomic E-state index is 0.0578. The molecule has 1 unspecified atom stereocenters. The van der Waals surface area contributed by atoms with Gasteiger partial charge in [0.05, 0.1) is 12.7 Å². The Morgan fingerprint density at radius 2 is 2.23 bits per heavy atom. The van der Waals surface area contributed by atoms with Gasteiger partial charge in [-0.2, -0.15) is 0 Å². The maximum absolute atomic E-state index is 6.04. The molecule has 1 saturated heterocycles. The average molecular weight is 197 g/mol. The molecule has 1 aliphatic heterocycles. The van der Waals surface area contributed by atoms with Crippen molar-refractivity contribution in [2.24, 2.45) is 0 Å². The summed E-state index contributed by atoms with van der Waals surface area (Å²) in [5.74, 6) is 0. The van der Waals surface area contributed by atoms with Gasteiger partial charge in [0.1, 0.15) is 0 Å². The molecule has 1 radical (unpaired) electrons. The number of benzene rings is 1. The zero-order chi connectivity index (χ0) is 9.10. The fraction of sp³-hybridized carbons (Fsp3) is 0.400. The molecular weight excluding hydrogens is 186 g/mol. The predicted molar refractivity (Wildman–Crippen MR) is 52.0 cm³/mol. The van der Waals surface area contributed by atoms with E-state index in [-0.39, 0.29) is 6.10 Å². The number of nitrogens with zero attached hydrogens (tertiary/aromatic N) is 1. The molecule has 69 valence electrons. The van der Waals surface area contributed by atoms with Gasteiger partial charge in [0.25, 0.3) is 0 Å². The lowest BCUT2D eigenvalue weighted by Gasteiger charge is -2.23. The third-order valence-corrected chi connectivity index (χ3v) is 2.46. The van der Waals surface area contributed by atoms with Gasteiger partial charge in [-0.15, -0.1) is 0 Å². The summed E-state index contributed by atoms with van der Waals surface area (Å²) in [6, 6.07) is 7.77. The van der Waals surface area contributed by atoms with Gasteiger partial charge >= 0.3 is 0 Å². The van der Waals surface area contributed by atoms with Gasteiger partial charge in [-0.25, -0.2) is 5.32 Å². The molecule has 2 nitrogen and oxygen atoms in total. The number of ether oxygens (including phenoxy) is 1. The molecule has 13 heavy (non-hydrogen) atoms. The number of morpholine rings is 1. The van der Waals surface area contributed by atoms with Gasteiger partial charge in [-0.05, 0) is 6.07 Å². The van der Waals surface area contributed by atoms with Crippen molar-refractivity contribution < 1.29 is 4.74 Å². The SMILES string of the molecule is Clc1ccccc1C1C[N]CCO1. The summed E-state index contributed by atoms with van der Waals surface area (Å²) in [5.41, 5.74) is 1.05. The van der Waals surface area contributed by atoms with Crippen LogP contribution in [0.3, 0.4) is 0 Å². The summed E-state index contributed by atoms with van der Waals surface area (Å²) in [6.07, 6.45) is 0.0578. The summed E-state index contributed by atoms with van der Waals surface area (Å²) in [5, 5.41) is 5.06. The summed E-state index contributed by atoms with van der Waals surface area (Å²) < 4.78 is 5.57. The monoisotopic (exact) mass is 196 g/mol. The van der Waals surface area contributed by atoms with E-state index in [0.29, 0.717) is 6.61 Å². The molecule has 0 saturated carbocycles. The molecular formula is C10H11ClNO. The lowest BCUT2D eigenvalue weighted by molar-refractivity contribution is 0.0261. The topological polar surface area (TPSA) is 23.3 Å². The van der Waals surface area contributed by atoms with Crippen molar-refractivity contribution in [1.82, 2.24) is 5.32 Å². The van der Waals surface area contributed by atoms with E-state index in [1.807, 2.05) is 24.3 Å². The molecule has 0 spiro atoms. The third kappa shape index (κ3) is 2.02. The van der Waals surface area contributed by atoms with Crippen LogP contribution in [0.25, 0.3) is 0 Å². The van der Waals surface area contributed by atoms with Gasteiger partial charge < -0.3 is 4.74 Å². The van der Waals surface area contributed by atoms with Gasteiger partial charge in [-0.3, -0.25) is 0 Å². The minimum Gasteiger partial charge on any atom is -0.371 e. The molecule has 1 aromatic rings. The van der Waals surface area contributed by atoms with Crippen molar-refractivity contribution in [2.45, 2.75) is 6.10 Å². The van der Waals surface area contributed by atoms with Gasteiger partial charge in [0, 0.05) is 23.7 Å². The first kappa shape index (κ1) is 9.00. The van der Waals surface area contributed by atoms with E-state index in [1.165, 1.54) is 0 Å². The van der Waals surface area contributed by atoms with Gasteiger partial charge in [-0.1, -0.05) is 29.8 Å². The van der Waals surface area contributed by atoms with Crippen molar-refractivity contribution in [1.29, 1.82) is 0 Å². The zero-order valence-electron chi connectivity index (χ0n) is 7.24. The van der Waals surface area contributed by atoms with Gasteiger partial charge in [0.2, 0.25) is 0 Å². The highest BCUT2D eigenvalue weighted by Crippen LogP contribution is 2.26. The number of rotatable bonds is 1. The van der Waals surface area contributed by atoms with E-state index in [1.54, 1.807) is 0 Å². The number of hydrogen-bond donors (Lipinski definition) is 0. The van der Waals surface area contributed by atoms with Crippen molar-refractivity contribution in [3.05, 3.63) is 34.9 Å². The highest BCUT2D eigenvalue weighted by Gasteiger charge is 2.18. The van der Waals surface area contributed by atoms with Crippen molar-refractivity contribution in [2.75, 3.05) is 19.7 Å². The quantitative estimate of drug-likeness (QED) is 0.674. The predicted octanol–water partition coefficient (Wildman–Crippen LogP) is 2.02. The molecule has 0 aliphatic carbocycles. The van der Waals surface area contributed by atoms with Crippen LogP contribution in [0.5, 0.6) is 0 Å². The number of halogens is 1. The average Bonchev–Trinajstić information content (AvgIpc) is 2.20. The lowest BCUT2D eigenvalue weighted by atomic mass is 10.1. The third-order valence-electron chi connectivity index (χ3n) is 2.12. The van der Waals surface area contributed by atoms with E-state index < -0.39 is 0 Å². The molecule has 1 aromatic carbocycles. The van der Waals surface area contributed by atoms with Crippen LogP contribution in [-0.2, 0) is 4.74 Å². The Morgan fingerprint density at radius 3 is 2.92 bits per heavy atom. The Hall–Kier alpha value is -0.570. The Labute approximate surface area is 82.9 Å². The first-order valence-electron chi connectivity index (χ1n) is 4.37. The summed E-state index contributed by atoms with van der Waals surface area (Å²) in [4.78, 5) is 0. The molecule has 0 amide bonds. The largest absolute Gasteiger partial charge is 0.371 e. The Morgan fingerprint density at radius 1 is 1.38 bits per heavy atom. The highest BCUT2D eigenvalue weighted by molar-refractivity contribution is 6.31. The van der Waals surface area contributed by atoms with E-state index in [0.717, 1.165) is 23.7 Å². The minimum atomic E-state index is 0.0578. The Kier molecular flexibility index (Phi) is 2.83. The van der Waals surface area contributed by atoms with E-state index >= 15 is 0 Å². The van der Waals surface area contributed by atoms with Crippen LogP contribution >= 0.6 is 11.6 Å². The van der Waals surface area contributed by atoms with Crippen molar-refractivity contribution in [3.8, 4) is 0 Å². The fourth-order valence-electron chi connectivity index (χ4n) is 1.45. The lowest BCUT2D eigenvalue weighted by Crippen LogP contribution is -2.28. The number of hydrogen-bond acceptors (Lipinski definition) is 1.